The third kappa shape index (κ3) is 1.31. The first-order chi connectivity index (χ1) is 5.57. The van der Waals surface area contributed by atoms with Gasteiger partial charge in [-0.1, -0.05) is 13.8 Å². The normalized spacial score (nSPS) is 11.1. The molecule has 3 heteroatoms. The zero-order valence-corrected chi connectivity index (χ0v) is 8.14. The van der Waals surface area contributed by atoms with E-state index < -0.39 is 0 Å². The number of nitrogens with one attached hydrogen (secondary N) is 1. The van der Waals surface area contributed by atoms with Gasteiger partial charge in [-0.25, -0.2) is 0 Å². The smallest absolute Gasteiger partial charge is 0.270 e. The van der Waals surface area contributed by atoms with Gasteiger partial charge in [-0.2, -0.15) is 0 Å². The second-order valence-corrected chi connectivity index (χ2v) is 3.35. The van der Waals surface area contributed by atoms with Crippen LogP contribution in [0.5, 0.6) is 0 Å². The molecule has 0 unspecified atom stereocenters. The molecule has 0 spiro atoms. The van der Waals surface area contributed by atoms with Crippen molar-refractivity contribution in [1.29, 1.82) is 0 Å². The van der Waals surface area contributed by atoms with Gasteiger partial charge < -0.3 is 0 Å². The van der Waals surface area contributed by atoms with Gasteiger partial charge in [-0.05, 0) is 19.8 Å². The van der Waals surface area contributed by atoms with E-state index in [4.69, 9.17) is 0 Å². The highest BCUT2D eigenvalue weighted by atomic mass is 16.1. The third-order valence-electron chi connectivity index (χ3n) is 2.08. The van der Waals surface area contributed by atoms with Crippen molar-refractivity contribution in [1.82, 2.24) is 9.78 Å². The van der Waals surface area contributed by atoms with Gasteiger partial charge in [0, 0.05) is 17.8 Å². The summed E-state index contributed by atoms with van der Waals surface area (Å²) in [5.74, 6) is 0.307. The minimum Gasteiger partial charge on any atom is -0.300 e. The van der Waals surface area contributed by atoms with Gasteiger partial charge in [0.25, 0.3) is 5.56 Å². The van der Waals surface area contributed by atoms with Crippen molar-refractivity contribution in [3.8, 4) is 0 Å². The molecule has 1 aromatic rings. The Balaban J connectivity index is 3.29. The lowest BCUT2D eigenvalue weighted by molar-refractivity contribution is 0.630. The van der Waals surface area contributed by atoms with Crippen molar-refractivity contribution < 1.29 is 0 Å². The van der Waals surface area contributed by atoms with E-state index >= 15 is 0 Å². The van der Waals surface area contributed by atoms with Crippen LogP contribution in [0, 0.1) is 6.92 Å². The van der Waals surface area contributed by atoms with Crippen LogP contribution in [-0.4, -0.2) is 9.78 Å². The van der Waals surface area contributed by atoms with Crippen molar-refractivity contribution in [2.75, 3.05) is 0 Å². The van der Waals surface area contributed by atoms with Crippen molar-refractivity contribution in [3.63, 3.8) is 0 Å². The molecular weight excluding hydrogens is 152 g/mol. The summed E-state index contributed by atoms with van der Waals surface area (Å²) in [6, 6.07) is 0. The quantitative estimate of drug-likeness (QED) is 0.716. The van der Waals surface area contributed by atoms with Crippen LogP contribution in [0.1, 0.15) is 37.9 Å². The van der Waals surface area contributed by atoms with Gasteiger partial charge >= 0.3 is 0 Å². The first kappa shape index (κ1) is 9.10. The minimum absolute atomic E-state index is 0.130. The average molecular weight is 168 g/mol. The van der Waals surface area contributed by atoms with Gasteiger partial charge in [0.15, 0.2) is 0 Å². The summed E-state index contributed by atoms with van der Waals surface area (Å²) < 4.78 is 1.64. The molecule has 0 aliphatic carbocycles. The topological polar surface area (TPSA) is 37.8 Å². The van der Waals surface area contributed by atoms with E-state index in [0.717, 1.165) is 11.3 Å². The molecule has 1 rings (SSSR count). The van der Waals surface area contributed by atoms with Gasteiger partial charge in [-0.15, -0.1) is 0 Å². The lowest BCUT2D eigenvalue weighted by atomic mass is 10.1. The zero-order valence-electron chi connectivity index (χ0n) is 8.14. The number of aromatic amines is 1. The van der Waals surface area contributed by atoms with Gasteiger partial charge in [0.1, 0.15) is 0 Å². The lowest BCUT2D eigenvalue weighted by Gasteiger charge is -1.98. The maximum absolute atomic E-state index is 11.6. The summed E-state index contributed by atoms with van der Waals surface area (Å²) in [7, 11) is 0. The molecular formula is C9H16N2O. The Hall–Kier alpha value is -0.990. The standard InChI is InChI=1S/C9H16N2O/c1-5-11-9(12)8(6(2)3)7(4)10-11/h6,10H,5H2,1-4H3. The predicted molar refractivity (Wildman–Crippen MR) is 49.6 cm³/mol. The molecule has 68 valence electrons. The Morgan fingerprint density at radius 2 is 2.08 bits per heavy atom. The highest BCUT2D eigenvalue weighted by Crippen LogP contribution is 2.12. The van der Waals surface area contributed by atoms with Crippen LogP contribution < -0.4 is 5.56 Å². The number of H-pyrrole nitrogens is 1. The molecule has 0 atom stereocenters. The summed E-state index contributed by atoms with van der Waals surface area (Å²) >= 11 is 0. The van der Waals surface area contributed by atoms with Crippen LogP contribution in [0.25, 0.3) is 0 Å². The van der Waals surface area contributed by atoms with Crippen LogP contribution in [0.2, 0.25) is 0 Å². The number of nitrogens with zero attached hydrogens (tertiary/aromatic N) is 1. The Morgan fingerprint density at radius 1 is 1.50 bits per heavy atom. The number of aromatic nitrogens is 2. The number of aryl methyl sites for hydroxylation is 2. The largest absolute Gasteiger partial charge is 0.300 e. The third-order valence-corrected chi connectivity index (χ3v) is 2.08. The average Bonchev–Trinajstić information content (AvgIpc) is 2.25. The van der Waals surface area contributed by atoms with E-state index in [9.17, 15) is 4.79 Å². The van der Waals surface area contributed by atoms with E-state index in [0.29, 0.717) is 12.5 Å². The second kappa shape index (κ2) is 3.17. The molecule has 0 bridgehead atoms. The SMILES string of the molecule is CCn1[nH]c(C)c(C(C)C)c1=O. The van der Waals surface area contributed by atoms with E-state index in [2.05, 4.69) is 5.10 Å². The van der Waals surface area contributed by atoms with Crippen LogP contribution in [0.15, 0.2) is 4.79 Å². The number of hydrogen-bond donors (Lipinski definition) is 1. The maximum atomic E-state index is 11.6. The van der Waals surface area contributed by atoms with Crippen LogP contribution in [-0.2, 0) is 6.54 Å². The van der Waals surface area contributed by atoms with E-state index in [-0.39, 0.29) is 5.56 Å². The summed E-state index contributed by atoms with van der Waals surface area (Å²) in [6.07, 6.45) is 0. The lowest BCUT2D eigenvalue weighted by Crippen LogP contribution is -2.18. The maximum Gasteiger partial charge on any atom is 0.270 e. The zero-order chi connectivity index (χ0) is 9.30. The highest BCUT2D eigenvalue weighted by molar-refractivity contribution is 5.19. The van der Waals surface area contributed by atoms with E-state index in [1.54, 1.807) is 4.68 Å². The molecule has 0 fully saturated rings. The summed E-state index contributed by atoms with van der Waals surface area (Å²) in [5, 5.41) is 3.05. The number of rotatable bonds is 2. The molecule has 1 heterocycles. The van der Waals surface area contributed by atoms with Crippen molar-refractivity contribution in [3.05, 3.63) is 21.6 Å². The summed E-state index contributed by atoms with van der Waals surface area (Å²) in [5.41, 5.74) is 2.04. The molecule has 0 aromatic carbocycles. The number of hydrogen-bond acceptors (Lipinski definition) is 1. The van der Waals surface area contributed by atoms with Crippen LogP contribution >= 0.6 is 0 Å². The Morgan fingerprint density at radius 3 is 2.33 bits per heavy atom. The molecule has 1 aromatic heterocycles. The molecule has 0 amide bonds. The van der Waals surface area contributed by atoms with Crippen molar-refractivity contribution in [2.45, 2.75) is 40.2 Å². The molecule has 0 radical (unpaired) electrons. The molecule has 3 nitrogen and oxygen atoms in total. The van der Waals surface area contributed by atoms with E-state index in [1.165, 1.54) is 0 Å². The summed E-state index contributed by atoms with van der Waals surface area (Å²) in [6.45, 7) is 8.70. The fourth-order valence-electron chi connectivity index (χ4n) is 1.52. The van der Waals surface area contributed by atoms with Crippen molar-refractivity contribution in [2.24, 2.45) is 0 Å². The molecule has 0 saturated carbocycles. The van der Waals surface area contributed by atoms with Gasteiger partial charge in [-0.3, -0.25) is 14.6 Å². The highest BCUT2D eigenvalue weighted by Gasteiger charge is 2.12. The molecule has 12 heavy (non-hydrogen) atoms. The first-order valence-electron chi connectivity index (χ1n) is 4.37. The first-order valence-corrected chi connectivity index (χ1v) is 4.37. The van der Waals surface area contributed by atoms with Crippen LogP contribution in [0.4, 0.5) is 0 Å². The predicted octanol–water partition coefficient (Wildman–Crippen LogP) is 1.63. The monoisotopic (exact) mass is 168 g/mol. The van der Waals surface area contributed by atoms with E-state index in [1.807, 2.05) is 27.7 Å². The van der Waals surface area contributed by atoms with Gasteiger partial charge in [0.2, 0.25) is 0 Å². The van der Waals surface area contributed by atoms with Gasteiger partial charge in [0.05, 0.1) is 0 Å². The minimum atomic E-state index is 0.130. The fourth-order valence-corrected chi connectivity index (χ4v) is 1.52. The molecule has 0 aliphatic rings. The fraction of sp³-hybridized carbons (Fsp3) is 0.667. The molecule has 0 saturated heterocycles. The Bertz CT molecular complexity index is 320. The van der Waals surface area contributed by atoms with Crippen molar-refractivity contribution >= 4 is 0 Å². The summed E-state index contributed by atoms with van der Waals surface area (Å²) in [4.78, 5) is 11.6. The second-order valence-electron chi connectivity index (χ2n) is 3.35. The molecule has 0 aliphatic heterocycles. The Kier molecular flexibility index (Phi) is 2.40. The molecule has 1 N–H and O–H groups in total. The Labute approximate surface area is 72.4 Å². The van der Waals surface area contributed by atoms with Crippen LogP contribution in [0.3, 0.4) is 0 Å².